The average Bonchev–Trinajstić information content (AvgIpc) is 2.44. The predicted octanol–water partition coefficient (Wildman–Crippen LogP) is 2.85. The molecule has 0 aromatic heterocycles. The second kappa shape index (κ2) is 9.39. The summed E-state index contributed by atoms with van der Waals surface area (Å²) in [6, 6.07) is 9.68. The van der Waals surface area contributed by atoms with Gasteiger partial charge in [-0.15, -0.1) is 0 Å². The summed E-state index contributed by atoms with van der Waals surface area (Å²) in [5.41, 5.74) is 0.972. The van der Waals surface area contributed by atoms with Crippen molar-refractivity contribution in [2.45, 2.75) is 45.3 Å². The highest BCUT2D eigenvalue weighted by Gasteiger charge is 2.11. The molecule has 1 amide bonds. The van der Waals surface area contributed by atoms with E-state index in [9.17, 15) is 4.79 Å². The van der Waals surface area contributed by atoms with Crippen molar-refractivity contribution in [3.8, 4) is 0 Å². The molecule has 1 aromatic rings. The molecule has 2 N–H and O–H groups in total. The fourth-order valence-electron chi connectivity index (χ4n) is 1.91. The zero-order chi connectivity index (χ0) is 13.9. The minimum atomic E-state index is -0.389. The lowest BCUT2D eigenvalue weighted by molar-refractivity contribution is 0.133. The number of hydrogen-bond acceptors (Lipinski definition) is 3. The van der Waals surface area contributed by atoms with Crippen LogP contribution in [0.25, 0.3) is 0 Å². The molecular weight excluding hydrogens is 242 g/mol. The highest BCUT2D eigenvalue weighted by atomic mass is 16.5. The Balaban J connectivity index is 2.31. The van der Waals surface area contributed by atoms with Crippen LogP contribution < -0.4 is 5.32 Å². The van der Waals surface area contributed by atoms with Crippen LogP contribution in [0.1, 0.15) is 38.2 Å². The number of ether oxygens (including phenoxy) is 1. The Bertz CT molecular complexity index is 354. The fourth-order valence-corrected chi connectivity index (χ4v) is 1.91. The van der Waals surface area contributed by atoms with Crippen LogP contribution in [0.3, 0.4) is 0 Å². The Hall–Kier alpha value is -1.55. The van der Waals surface area contributed by atoms with Crippen molar-refractivity contribution >= 4 is 6.09 Å². The third-order valence-corrected chi connectivity index (χ3v) is 2.88. The second-order valence-corrected chi connectivity index (χ2v) is 4.56. The van der Waals surface area contributed by atoms with Crippen molar-refractivity contribution in [2.24, 2.45) is 0 Å². The van der Waals surface area contributed by atoms with Gasteiger partial charge in [0.1, 0.15) is 6.61 Å². The van der Waals surface area contributed by atoms with Crippen LogP contribution in [0.4, 0.5) is 4.79 Å². The van der Waals surface area contributed by atoms with Crippen molar-refractivity contribution < 1.29 is 14.6 Å². The number of amides is 1. The van der Waals surface area contributed by atoms with Crippen LogP contribution in [0.5, 0.6) is 0 Å². The molecule has 1 rings (SSSR count). The molecule has 0 heterocycles. The number of alkyl carbamates (subject to hydrolysis) is 1. The van der Waals surface area contributed by atoms with Gasteiger partial charge in [-0.25, -0.2) is 4.79 Å². The maximum absolute atomic E-state index is 11.7. The van der Waals surface area contributed by atoms with Crippen molar-refractivity contribution in [2.75, 3.05) is 6.61 Å². The van der Waals surface area contributed by atoms with E-state index in [0.717, 1.165) is 24.8 Å². The predicted molar refractivity (Wildman–Crippen MR) is 74.8 cm³/mol. The maximum atomic E-state index is 11.7. The zero-order valence-electron chi connectivity index (χ0n) is 11.5. The molecule has 0 spiro atoms. The van der Waals surface area contributed by atoms with E-state index in [2.05, 4.69) is 12.2 Å². The second-order valence-electron chi connectivity index (χ2n) is 4.56. The smallest absolute Gasteiger partial charge is 0.407 e. The van der Waals surface area contributed by atoms with E-state index in [1.54, 1.807) is 0 Å². The highest BCUT2D eigenvalue weighted by molar-refractivity contribution is 5.67. The van der Waals surface area contributed by atoms with Crippen molar-refractivity contribution in [1.82, 2.24) is 5.32 Å². The third kappa shape index (κ3) is 6.82. The van der Waals surface area contributed by atoms with E-state index >= 15 is 0 Å². The molecule has 1 atom stereocenters. The Morgan fingerprint density at radius 1 is 1.32 bits per heavy atom. The highest BCUT2D eigenvalue weighted by Crippen LogP contribution is 2.06. The van der Waals surface area contributed by atoms with E-state index in [1.165, 1.54) is 0 Å². The SMILES string of the molecule is CCC[C@@H](CCCO)NC(=O)OCc1ccccc1. The molecule has 0 fully saturated rings. The van der Waals surface area contributed by atoms with E-state index in [-0.39, 0.29) is 25.3 Å². The molecule has 19 heavy (non-hydrogen) atoms. The van der Waals surface area contributed by atoms with Gasteiger partial charge in [-0.2, -0.15) is 0 Å². The monoisotopic (exact) mass is 265 g/mol. The van der Waals surface area contributed by atoms with E-state index in [0.29, 0.717) is 6.42 Å². The van der Waals surface area contributed by atoms with Crippen LogP contribution in [-0.2, 0) is 11.3 Å². The van der Waals surface area contributed by atoms with Gasteiger partial charge in [-0.3, -0.25) is 0 Å². The first-order valence-corrected chi connectivity index (χ1v) is 6.84. The van der Waals surface area contributed by atoms with E-state index < -0.39 is 0 Å². The van der Waals surface area contributed by atoms with Gasteiger partial charge in [0.05, 0.1) is 0 Å². The average molecular weight is 265 g/mol. The number of benzene rings is 1. The molecule has 4 heteroatoms. The van der Waals surface area contributed by atoms with Crippen LogP contribution in [-0.4, -0.2) is 23.8 Å². The molecule has 106 valence electrons. The summed E-state index contributed by atoms with van der Waals surface area (Å²) in [6.07, 6.45) is 2.99. The minimum Gasteiger partial charge on any atom is -0.445 e. The van der Waals surface area contributed by atoms with Gasteiger partial charge >= 0.3 is 6.09 Å². The normalized spacial score (nSPS) is 11.9. The Labute approximate surface area is 114 Å². The van der Waals surface area contributed by atoms with Crippen molar-refractivity contribution in [1.29, 1.82) is 0 Å². The summed E-state index contributed by atoms with van der Waals surface area (Å²) in [5, 5.41) is 11.7. The molecule has 0 aliphatic carbocycles. The molecule has 4 nitrogen and oxygen atoms in total. The molecule has 0 saturated heterocycles. The lowest BCUT2D eigenvalue weighted by Crippen LogP contribution is -2.35. The summed E-state index contributed by atoms with van der Waals surface area (Å²) in [4.78, 5) is 11.7. The van der Waals surface area contributed by atoms with Crippen molar-refractivity contribution in [3.05, 3.63) is 35.9 Å². The summed E-state index contributed by atoms with van der Waals surface area (Å²) in [7, 11) is 0. The maximum Gasteiger partial charge on any atom is 0.407 e. The first-order valence-electron chi connectivity index (χ1n) is 6.84. The van der Waals surface area contributed by atoms with Gasteiger partial charge in [0.15, 0.2) is 0 Å². The molecule has 0 saturated carbocycles. The molecule has 1 aromatic carbocycles. The van der Waals surface area contributed by atoms with Crippen LogP contribution in [0, 0.1) is 0 Å². The first kappa shape index (κ1) is 15.5. The van der Waals surface area contributed by atoms with Gasteiger partial charge in [0, 0.05) is 12.6 Å². The Kier molecular flexibility index (Phi) is 7.66. The standard InChI is InChI=1S/C15H23NO3/c1-2-7-14(10-6-11-17)16-15(18)19-12-13-8-4-3-5-9-13/h3-5,8-9,14,17H,2,6-7,10-12H2,1H3,(H,16,18)/t14-/m0/s1. The molecule has 0 radical (unpaired) electrons. The number of carbonyl (C=O) groups is 1. The van der Waals surface area contributed by atoms with Crippen LogP contribution in [0.15, 0.2) is 30.3 Å². The van der Waals surface area contributed by atoms with E-state index in [4.69, 9.17) is 9.84 Å². The molecule has 0 unspecified atom stereocenters. The van der Waals surface area contributed by atoms with Crippen LogP contribution in [0.2, 0.25) is 0 Å². The van der Waals surface area contributed by atoms with Gasteiger partial charge in [0.2, 0.25) is 0 Å². The largest absolute Gasteiger partial charge is 0.445 e. The lowest BCUT2D eigenvalue weighted by atomic mass is 10.1. The Morgan fingerprint density at radius 2 is 2.05 bits per heavy atom. The summed E-state index contributed by atoms with van der Waals surface area (Å²) in [6.45, 7) is 2.51. The first-order chi connectivity index (χ1) is 9.26. The summed E-state index contributed by atoms with van der Waals surface area (Å²) >= 11 is 0. The van der Waals surface area contributed by atoms with Crippen molar-refractivity contribution in [3.63, 3.8) is 0 Å². The molecular formula is C15H23NO3. The molecule has 0 aliphatic heterocycles. The van der Waals surface area contributed by atoms with Gasteiger partial charge in [-0.05, 0) is 24.8 Å². The van der Waals surface area contributed by atoms with Gasteiger partial charge in [0.25, 0.3) is 0 Å². The molecule has 0 aliphatic rings. The number of carbonyl (C=O) groups excluding carboxylic acids is 1. The van der Waals surface area contributed by atoms with Gasteiger partial charge in [-0.1, -0.05) is 43.7 Å². The summed E-state index contributed by atoms with van der Waals surface area (Å²) < 4.78 is 5.17. The Morgan fingerprint density at radius 3 is 2.68 bits per heavy atom. The topological polar surface area (TPSA) is 58.6 Å². The number of hydrogen-bond donors (Lipinski definition) is 2. The number of aliphatic hydroxyl groups excluding tert-OH is 1. The molecule has 0 bridgehead atoms. The zero-order valence-corrected chi connectivity index (χ0v) is 11.5. The van der Waals surface area contributed by atoms with Crippen LogP contribution >= 0.6 is 0 Å². The third-order valence-electron chi connectivity index (χ3n) is 2.88. The quantitative estimate of drug-likeness (QED) is 0.760. The van der Waals surface area contributed by atoms with Gasteiger partial charge < -0.3 is 15.2 Å². The van der Waals surface area contributed by atoms with E-state index in [1.807, 2.05) is 30.3 Å². The number of nitrogens with one attached hydrogen (secondary N) is 1. The number of rotatable bonds is 8. The summed E-state index contributed by atoms with van der Waals surface area (Å²) in [5.74, 6) is 0. The lowest BCUT2D eigenvalue weighted by Gasteiger charge is -2.17. The minimum absolute atomic E-state index is 0.0837. The fraction of sp³-hybridized carbons (Fsp3) is 0.533. The number of aliphatic hydroxyl groups is 1.